The Labute approximate surface area is 184 Å². The van der Waals surface area contributed by atoms with E-state index in [-0.39, 0.29) is 17.4 Å². The molecule has 5 heteroatoms. The normalized spacial score (nSPS) is 25.1. The highest BCUT2D eigenvalue weighted by Crippen LogP contribution is 2.55. The number of carboxylic acid groups (broad SMARTS) is 1. The molecule has 0 aromatic heterocycles. The summed E-state index contributed by atoms with van der Waals surface area (Å²) in [5.74, 6) is -0.606. The van der Waals surface area contributed by atoms with Crippen molar-refractivity contribution in [1.29, 1.82) is 0 Å². The minimum atomic E-state index is -0.760. The monoisotopic (exact) mass is 420 g/mol. The van der Waals surface area contributed by atoms with Gasteiger partial charge in [-0.25, -0.2) is 0 Å². The van der Waals surface area contributed by atoms with Gasteiger partial charge in [-0.1, -0.05) is 48.5 Å². The van der Waals surface area contributed by atoms with Crippen LogP contribution in [0.2, 0.25) is 0 Å². The molecule has 2 aromatic carbocycles. The maximum absolute atomic E-state index is 12.3. The van der Waals surface area contributed by atoms with Crippen LogP contribution >= 0.6 is 0 Å². The molecular formula is C26H32N2O3. The van der Waals surface area contributed by atoms with Crippen LogP contribution in [0.4, 0.5) is 0 Å². The molecule has 2 aromatic rings. The van der Waals surface area contributed by atoms with Crippen molar-refractivity contribution in [1.82, 2.24) is 10.2 Å². The average Bonchev–Trinajstić information content (AvgIpc) is 3.47. The van der Waals surface area contributed by atoms with Gasteiger partial charge in [0.25, 0.3) is 0 Å². The predicted octanol–water partition coefficient (Wildman–Crippen LogP) is 3.77. The van der Waals surface area contributed by atoms with Gasteiger partial charge >= 0.3 is 5.97 Å². The maximum atomic E-state index is 12.3. The fourth-order valence-electron chi connectivity index (χ4n) is 5.32. The number of carbonyl (C=O) groups is 2. The number of amides is 1. The lowest BCUT2D eigenvalue weighted by atomic mass is 9.80. The van der Waals surface area contributed by atoms with Gasteiger partial charge in [-0.15, -0.1) is 0 Å². The minimum Gasteiger partial charge on any atom is -0.481 e. The summed E-state index contributed by atoms with van der Waals surface area (Å²) in [4.78, 5) is 26.6. The number of carboxylic acids is 1. The third-order valence-electron chi connectivity index (χ3n) is 7.44. The van der Waals surface area contributed by atoms with Crippen LogP contribution in [0, 0.1) is 19.8 Å². The topological polar surface area (TPSA) is 69.6 Å². The van der Waals surface area contributed by atoms with Crippen molar-refractivity contribution in [3.05, 3.63) is 70.8 Å². The van der Waals surface area contributed by atoms with E-state index in [1.165, 1.54) is 5.56 Å². The molecule has 1 amide bonds. The van der Waals surface area contributed by atoms with Crippen molar-refractivity contribution in [3.63, 3.8) is 0 Å². The predicted molar refractivity (Wildman–Crippen MR) is 121 cm³/mol. The van der Waals surface area contributed by atoms with Gasteiger partial charge in [0.05, 0.1) is 11.0 Å². The van der Waals surface area contributed by atoms with Gasteiger partial charge in [-0.3, -0.25) is 9.59 Å². The molecule has 2 N–H and O–H groups in total. The van der Waals surface area contributed by atoms with E-state index >= 15 is 0 Å². The molecule has 1 saturated carbocycles. The van der Waals surface area contributed by atoms with Gasteiger partial charge in [0.15, 0.2) is 0 Å². The number of nitrogens with zero attached hydrogens (tertiary/aromatic N) is 1. The van der Waals surface area contributed by atoms with Gasteiger partial charge in [-0.2, -0.15) is 0 Å². The molecule has 0 bridgehead atoms. The molecule has 1 heterocycles. The number of rotatable bonds is 6. The Hall–Kier alpha value is -2.66. The van der Waals surface area contributed by atoms with E-state index < -0.39 is 11.4 Å². The molecule has 0 unspecified atom stereocenters. The van der Waals surface area contributed by atoms with Crippen molar-refractivity contribution in [2.24, 2.45) is 5.92 Å². The van der Waals surface area contributed by atoms with E-state index in [1.54, 1.807) is 6.92 Å². The largest absolute Gasteiger partial charge is 0.481 e. The van der Waals surface area contributed by atoms with Crippen LogP contribution in [0.25, 0.3) is 0 Å². The highest BCUT2D eigenvalue weighted by molar-refractivity contribution is 5.86. The summed E-state index contributed by atoms with van der Waals surface area (Å²) in [6.07, 6.45) is 2.34. The third-order valence-corrected chi connectivity index (χ3v) is 7.44. The third kappa shape index (κ3) is 3.99. The second-order valence-electron chi connectivity index (χ2n) is 9.41. The second-order valence-corrected chi connectivity index (χ2v) is 9.41. The smallest absolute Gasteiger partial charge is 0.314 e. The SMILES string of the molecule is CC(=O)NC1(c2ccccc2)CCN(C[C@@H]2C[C@@]2(C(=O)O)c2ccc(C)c(C)c2)CC1. The highest BCUT2D eigenvalue weighted by atomic mass is 16.4. The fraction of sp³-hybridized carbons (Fsp3) is 0.462. The zero-order chi connectivity index (χ0) is 22.2. The van der Waals surface area contributed by atoms with Crippen molar-refractivity contribution in [2.45, 2.75) is 51.0 Å². The zero-order valence-electron chi connectivity index (χ0n) is 18.6. The van der Waals surface area contributed by atoms with Crippen LogP contribution in [0.3, 0.4) is 0 Å². The molecule has 1 aliphatic heterocycles. The van der Waals surface area contributed by atoms with E-state index in [0.717, 1.165) is 49.2 Å². The number of benzene rings is 2. The number of nitrogens with one attached hydrogen (secondary N) is 1. The van der Waals surface area contributed by atoms with Crippen LogP contribution in [0.1, 0.15) is 48.4 Å². The highest BCUT2D eigenvalue weighted by Gasteiger charge is 2.61. The van der Waals surface area contributed by atoms with Crippen LogP contribution in [0.15, 0.2) is 48.5 Å². The van der Waals surface area contributed by atoms with Gasteiger partial charge in [0.2, 0.25) is 5.91 Å². The fourth-order valence-corrected chi connectivity index (χ4v) is 5.32. The van der Waals surface area contributed by atoms with Crippen LogP contribution in [-0.4, -0.2) is 41.5 Å². The average molecular weight is 421 g/mol. The van der Waals surface area contributed by atoms with E-state index in [2.05, 4.69) is 35.3 Å². The molecule has 31 heavy (non-hydrogen) atoms. The van der Waals surface area contributed by atoms with E-state index in [1.807, 2.05) is 37.3 Å². The first-order valence-corrected chi connectivity index (χ1v) is 11.1. The van der Waals surface area contributed by atoms with Gasteiger partial charge < -0.3 is 15.3 Å². The number of likely N-dealkylation sites (tertiary alicyclic amines) is 1. The molecule has 0 radical (unpaired) electrons. The number of carbonyl (C=O) groups excluding carboxylic acids is 1. The van der Waals surface area contributed by atoms with Crippen molar-refractivity contribution in [2.75, 3.05) is 19.6 Å². The summed E-state index contributed by atoms with van der Waals surface area (Å²) in [7, 11) is 0. The minimum absolute atomic E-state index is 0.0147. The lowest BCUT2D eigenvalue weighted by Crippen LogP contribution is -2.53. The van der Waals surface area contributed by atoms with E-state index in [9.17, 15) is 14.7 Å². The Morgan fingerprint density at radius 3 is 2.29 bits per heavy atom. The summed E-state index contributed by atoms with van der Waals surface area (Å²) in [5.41, 5.74) is 3.31. The van der Waals surface area contributed by atoms with Gasteiger partial charge in [0, 0.05) is 26.6 Å². The summed E-state index contributed by atoms with van der Waals surface area (Å²) in [5, 5.41) is 13.3. The number of hydrogen-bond donors (Lipinski definition) is 2. The lowest BCUT2D eigenvalue weighted by molar-refractivity contribution is -0.140. The summed E-state index contributed by atoms with van der Waals surface area (Å²) >= 11 is 0. The second kappa shape index (κ2) is 8.12. The molecule has 5 nitrogen and oxygen atoms in total. The first-order chi connectivity index (χ1) is 14.8. The zero-order valence-corrected chi connectivity index (χ0v) is 18.6. The molecule has 2 fully saturated rings. The first kappa shape index (κ1) is 21.6. The molecule has 0 spiro atoms. The van der Waals surface area contributed by atoms with Crippen molar-refractivity contribution < 1.29 is 14.7 Å². The van der Waals surface area contributed by atoms with Gasteiger partial charge in [0.1, 0.15) is 0 Å². The Morgan fingerprint density at radius 2 is 1.71 bits per heavy atom. The first-order valence-electron chi connectivity index (χ1n) is 11.1. The summed E-state index contributed by atoms with van der Waals surface area (Å²) < 4.78 is 0. The number of hydrogen-bond acceptors (Lipinski definition) is 3. The quantitative estimate of drug-likeness (QED) is 0.746. The van der Waals surface area contributed by atoms with Crippen LogP contribution < -0.4 is 5.32 Å². The Kier molecular flexibility index (Phi) is 5.65. The lowest BCUT2D eigenvalue weighted by Gasteiger charge is -2.43. The molecule has 2 aliphatic rings. The Morgan fingerprint density at radius 1 is 1.03 bits per heavy atom. The van der Waals surface area contributed by atoms with Crippen molar-refractivity contribution in [3.8, 4) is 0 Å². The molecule has 164 valence electrons. The summed E-state index contributed by atoms with van der Waals surface area (Å²) in [6, 6.07) is 16.3. The molecule has 2 atom stereocenters. The van der Waals surface area contributed by atoms with Crippen LogP contribution in [-0.2, 0) is 20.5 Å². The Bertz CT molecular complexity index is 979. The van der Waals surface area contributed by atoms with E-state index in [0.29, 0.717) is 6.42 Å². The Balaban J connectivity index is 1.46. The number of piperidine rings is 1. The molecule has 1 aliphatic carbocycles. The molecule has 1 saturated heterocycles. The molecular weight excluding hydrogens is 388 g/mol. The summed E-state index contributed by atoms with van der Waals surface area (Å²) in [6.45, 7) is 8.14. The maximum Gasteiger partial charge on any atom is 0.314 e. The standard InChI is InChI=1S/C26H32N2O3/c1-18-9-10-22(15-19(18)2)26(24(30)31)16-23(26)17-28-13-11-25(12-14-28,27-20(3)29)21-7-5-4-6-8-21/h4-10,15,23H,11-14,16-17H2,1-3H3,(H,27,29)(H,30,31)/t23-,26+/m0/s1. The van der Waals surface area contributed by atoms with Gasteiger partial charge in [-0.05, 0) is 61.3 Å². The van der Waals surface area contributed by atoms with E-state index in [4.69, 9.17) is 0 Å². The number of aryl methyl sites for hydroxylation is 2. The van der Waals surface area contributed by atoms with Crippen LogP contribution in [0.5, 0.6) is 0 Å². The number of aliphatic carboxylic acids is 1. The van der Waals surface area contributed by atoms with Crippen molar-refractivity contribution >= 4 is 11.9 Å². The molecule has 4 rings (SSSR count).